The Morgan fingerprint density at radius 3 is 2.75 bits per heavy atom. The van der Waals surface area contributed by atoms with Gasteiger partial charge >= 0.3 is 0 Å². The number of Topliss-reactive ketones (excluding diaryl/α,β-unsaturated/α-hetero) is 1. The Morgan fingerprint density at radius 1 is 1.15 bits per heavy atom. The maximum absolute atomic E-state index is 12.3. The van der Waals surface area contributed by atoms with Gasteiger partial charge < -0.3 is 4.74 Å². The van der Waals surface area contributed by atoms with Crippen molar-refractivity contribution >= 4 is 5.78 Å². The van der Waals surface area contributed by atoms with E-state index in [0.717, 1.165) is 25.0 Å². The highest BCUT2D eigenvalue weighted by atomic mass is 16.5. The normalized spacial score (nSPS) is 23.3. The number of carbonyl (C=O) groups excluding carboxylic acids is 1. The van der Waals surface area contributed by atoms with E-state index in [9.17, 15) is 4.79 Å². The van der Waals surface area contributed by atoms with E-state index >= 15 is 0 Å². The molecule has 2 nitrogen and oxygen atoms in total. The fourth-order valence-corrected chi connectivity index (χ4v) is 3.18. The zero-order chi connectivity index (χ0) is 13.8. The van der Waals surface area contributed by atoms with Crippen LogP contribution in [0, 0.1) is 0 Å². The van der Waals surface area contributed by atoms with Crippen LogP contribution in [0.25, 0.3) is 0 Å². The molecule has 1 aliphatic carbocycles. The van der Waals surface area contributed by atoms with Crippen LogP contribution in [0.3, 0.4) is 0 Å². The van der Waals surface area contributed by atoms with Crippen LogP contribution in [0.5, 0.6) is 0 Å². The minimum atomic E-state index is 0.278. The lowest BCUT2D eigenvalue weighted by Crippen LogP contribution is -2.20. The van der Waals surface area contributed by atoms with Gasteiger partial charge in [0.25, 0.3) is 0 Å². The summed E-state index contributed by atoms with van der Waals surface area (Å²) in [7, 11) is 0. The Labute approximate surface area is 121 Å². The molecule has 0 aromatic heterocycles. The first-order chi connectivity index (χ1) is 9.83. The minimum Gasteiger partial charge on any atom is -0.378 e. The maximum atomic E-state index is 12.3. The Balaban J connectivity index is 1.55. The zero-order valence-corrected chi connectivity index (χ0v) is 12.1. The van der Waals surface area contributed by atoms with Gasteiger partial charge in [0.05, 0.1) is 6.10 Å². The monoisotopic (exact) mass is 272 g/mol. The molecule has 0 amide bonds. The number of benzene rings is 1. The third-order valence-corrected chi connectivity index (χ3v) is 4.75. The zero-order valence-electron chi connectivity index (χ0n) is 12.1. The van der Waals surface area contributed by atoms with Crippen molar-refractivity contribution in [3.63, 3.8) is 0 Å². The van der Waals surface area contributed by atoms with E-state index in [1.807, 2.05) is 12.1 Å². The summed E-state index contributed by atoms with van der Waals surface area (Å²) >= 11 is 0. The van der Waals surface area contributed by atoms with E-state index in [1.54, 1.807) is 0 Å². The van der Waals surface area contributed by atoms with Crippen molar-refractivity contribution in [3.05, 3.63) is 35.4 Å². The number of carbonyl (C=O) groups is 1. The van der Waals surface area contributed by atoms with E-state index in [2.05, 4.69) is 12.1 Å². The van der Waals surface area contributed by atoms with Gasteiger partial charge in [-0.3, -0.25) is 4.79 Å². The molecule has 0 radical (unpaired) electrons. The minimum absolute atomic E-state index is 0.278. The molecule has 3 rings (SSSR count). The van der Waals surface area contributed by atoms with Crippen LogP contribution in [0.4, 0.5) is 0 Å². The molecule has 1 saturated carbocycles. The predicted octanol–water partition coefficient (Wildman–Crippen LogP) is 4.49. The van der Waals surface area contributed by atoms with Crippen molar-refractivity contribution in [1.29, 1.82) is 0 Å². The average molecular weight is 272 g/mol. The SMILES string of the molecule is O=C(CCC1CCCCO1)c1cccc(C2CCC2)c1. The summed E-state index contributed by atoms with van der Waals surface area (Å²) in [6.45, 7) is 0.871. The van der Waals surface area contributed by atoms with E-state index in [1.165, 1.54) is 37.7 Å². The highest BCUT2D eigenvalue weighted by Gasteiger charge is 2.21. The molecular weight excluding hydrogens is 248 g/mol. The van der Waals surface area contributed by atoms with Gasteiger partial charge in [0, 0.05) is 18.6 Å². The fourth-order valence-electron chi connectivity index (χ4n) is 3.18. The molecule has 108 valence electrons. The maximum Gasteiger partial charge on any atom is 0.162 e. The molecule has 1 atom stereocenters. The molecule has 1 aromatic rings. The summed E-state index contributed by atoms with van der Waals surface area (Å²) in [5.41, 5.74) is 2.25. The first kappa shape index (κ1) is 13.8. The molecule has 20 heavy (non-hydrogen) atoms. The molecule has 0 N–H and O–H groups in total. The molecule has 2 fully saturated rings. The second-order valence-electron chi connectivity index (χ2n) is 6.20. The van der Waals surface area contributed by atoms with Gasteiger partial charge in [-0.25, -0.2) is 0 Å². The van der Waals surface area contributed by atoms with Gasteiger partial charge in [0.15, 0.2) is 5.78 Å². The Bertz CT molecular complexity index is 456. The molecular formula is C18H24O2. The second kappa shape index (κ2) is 6.53. The van der Waals surface area contributed by atoms with Crippen molar-refractivity contribution in [2.75, 3.05) is 6.61 Å². The number of rotatable bonds is 5. The largest absolute Gasteiger partial charge is 0.378 e. The van der Waals surface area contributed by atoms with Gasteiger partial charge in [0.2, 0.25) is 0 Å². The molecule has 1 saturated heterocycles. The number of hydrogen-bond acceptors (Lipinski definition) is 2. The van der Waals surface area contributed by atoms with Crippen LogP contribution in [-0.4, -0.2) is 18.5 Å². The lowest BCUT2D eigenvalue weighted by atomic mass is 9.79. The third-order valence-electron chi connectivity index (χ3n) is 4.75. The van der Waals surface area contributed by atoms with E-state index < -0.39 is 0 Å². The van der Waals surface area contributed by atoms with Crippen molar-refractivity contribution < 1.29 is 9.53 Å². The van der Waals surface area contributed by atoms with Gasteiger partial charge in [-0.15, -0.1) is 0 Å². The molecule has 1 aliphatic heterocycles. The Kier molecular flexibility index (Phi) is 4.51. The van der Waals surface area contributed by atoms with Gasteiger partial charge in [-0.1, -0.05) is 24.6 Å². The second-order valence-corrected chi connectivity index (χ2v) is 6.20. The smallest absolute Gasteiger partial charge is 0.162 e. The van der Waals surface area contributed by atoms with Crippen molar-refractivity contribution in [2.45, 2.75) is 63.4 Å². The van der Waals surface area contributed by atoms with Crippen LogP contribution in [0.1, 0.15) is 73.2 Å². The third kappa shape index (κ3) is 3.29. The molecule has 2 aliphatic rings. The van der Waals surface area contributed by atoms with E-state index in [4.69, 9.17) is 4.74 Å². The quantitative estimate of drug-likeness (QED) is 0.738. The lowest BCUT2D eigenvalue weighted by Gasteiger charge is -2.26. The van der Waals surface area contributed by atoms with E-state index in [-0.39, 0.29) is 5.78 Å². The van der Waals surface area contributed by atoms with Crippen LogP contribution < -0.4 is 0 Å². The highest BCUT2D eigenvalue weighted by molar-refractivity contribution is 5.96. The molecule has 2 heteroatoms. The summed E-state index contributed by atoms with van der Waals surface area (Å²) in [6, 6.07) is 8.29. The molecule has 1 heterocycles. The van der Waals surface area contributed by atoms with Gasteiger partial charge in [0.1, 0.15) is 0 Å². The Hall–Kier alpha value is -1.15. The van der Waals surface area contributed by atoms with Crippen LogP contribution in [0.2, 0.25) is 0 Å². The van der Waals surface area contributed by atoms with Crippen molar-refractivity contribution in [2.24, 2.45) is 0 Å². The summed E-state index contributed by atoms with van der Waals surface area (Å²) in [6.07, 6.45) is 9.26. The standard InChI is InChI=1S/C18H24O2/c19-18(11-10-17-9-1-2-12-20-17)16-8-4-7-15(13-16)14-5-3-6-14/h4,7-8,13-14,17H,1-3,5-6,9-12H2. The topological polar surface area (TPSA) is 26.3 Å². The number of ketones is 1. The van der Waals surface area contributed by atoms with Crippen molar-refractivity contribution in [3.8, 4) is 0 Å². The number of hydrogen-bond donors (Lipinski definition) is 0. The van der Waals surface area contributed by atoms with Crippen LogP contribution in [-0.2, 0) is 4.74 Å². The van der Waals surface area contributed by atoms with Gasteiger partial charge in [-0.2, -0.15) is 0 Å². The van der Waals surface area contributed by atoms with E-state index in [0.29, 0.717) is 18.4 Å². The molecule has 1 unspecified atom stereocenters. The van der Waals surface area contributed by atoms with Gasteiger partial charge in [-0.05, 0) is 56.1 Å². The first-order valence-electron chi connectivity index (χ1n) is 8.08. The highest BCUT2D eigenvalue weighted by Crippen LogP contribution is 2.36. The van der Waals surface area contributed by atoms with Crippen molar-refractivity contribution in [1.82, 2.24) is 0 Å². The fraction of sp³-hybridized carbons (Fsp3) is 0.611. The summed E-state index contributed by atoms with van der Waals surface area (Å²) in [5.74, 6) is 0.977. The average Bonchev–Trinajstić information content (AvgIpc) is 2.44. The lowest BCUT2D eigenvalue weighted by molar-refractivity contribution is 0.0104. The first-order valence-corrected chi connectivity index (χ1v) is 8.08. The summed E-state index contributed by atoms with van der Waals surface area (Å²) in [5, 5.41) is 0. The number of ether oxygens (including phenoxy) is 1. The summed E-state index contributed by atoms with van der Waals surface area (Å²) in [4.78, 5) is 12.3. The molecule has 1 aromatic carbocycles. The predicted molar refractivity (Wildman–Crippen MR) is 80.2 cm³/mol. The molecule has 0 bridgehead atoms. The summed E-state index contributed by atoms with van der Waals surface area (Å²) < 4.78 is 5.70. The van der Waals surface area contributed by atoms with Crippen LogP contribution >= 0.6 is 0 Å². The Morgan fingerprint density at radius 2 is 2.05 bits per heavy atom. The molecule has 0 spiro atoms. The van der Waals surface area contributed by atoms with Crippen LogP contribution in [0.15, 0.2) is 24.3 Å².